The van der Waals surface area contributed by atoms with Crippen LogP contribution in [-0.2, 0) is 24.9 Å². The van der Waals surface area contributed by atoms with E-state index in [-0.39, 0.29) is 41.9 Å². The monoisotopic (exact) mass is 666 g/mol. The van der Waals surface area contributed by atoms with Crippen molar-refractivity contribution < 1.29 is 36.5 Å². The van der Waals surface area contributed by atoms with Crippen molar-refractivity contribution >= 4 is 21.5 Å². The Labute approximate surface area is 254 Å². The van der Waals surface area contributed by atoms with Crippen molar-refractivity contribution in [3.05, 3.63) is 63.7 Å². The van der Waals surface area contributed by atoms with Gasteiger partial charge in [-0.1, -0.05) is 102 Å². The van der Waals surface area contributed by atoms with Crippen LogP contribution < -0.4 is 17.0 Å². The molecule has 36 heavy (non-hydrogen) atoms. The zero-order valence-electron chi connectivity index (χ0n) is 23.8. The summed E-state index contributed by atoms with van der Waals surface area (Å²) in [4.78, 5) is 0. The second-order valence-electron chi connectivity index (χ2n) is 12.2. The summed E-state index contributed by atoms with van der Waals surface area (Å²) in [6, 6.07) is 7.00. The van der Waals surface area contributed by atoms with E-state index in [0.29, 0.717) is 0 Å². The van der Waals surface area contributed by atoms with E-state index in [1.54, 1.807) is 5.56 Å². The number of halogens is 2. The molecule has 2 atom stereocenters. The molecule has 0 aromatic heterocycles. The van der Waals surface area contributed by atoms with Gasteiger partial charge in [0.05, 0.1) is 0 Å². The number of allylic oxidation sites excluding steroid dienone is 3. The summed E-state index contributed by atoms with van der Waals surface area (Å²) in [5.74, 6) is 4.74. The van der Waals surface area contributed by atoms with Crippen molar-refractivity contribution in [1.82, 2.24) is 0 Å². The van der Waals surface area contributed by atoms with Crippen molar-refractivity contribution in [2.45, 2.75) is 111 Å². The van der Waals surface area contributed by atoms with Crippen LogP contribution >= 0.6 is 15.9 Å². The summed E-state index contributed by atoms with van der Waals surface area (Å²) in [6.07, 6.45) is 20.0. The number of hydrogen-bond donors (Lipinski definition) is 0. The Morgan fingerprint density at radius 2 is 1.36 bits per heavy atom. The topological polar surface area (TPSA) is 0 Å². The maximum absolute atomic E-state index is 3.81. The molecule has 1 aromatic carbocycles. The summed E-state index contributed by atoms with van der Waals surface area (Å²) in [6.45, 7) is 14.4. The first-order valence-electron chi connectivity index (χ1n) is 14.0. The second kappa shape index (κ2) is 16.2. The van der Waals surface area contributed by atoms with Gasteiger partial charge in [-0.2, -0.15) is 0 Å². The summed E-state index contributed by atoms with van der Waals surface area (Å²) < 4.78 is 1.21. The van der Waals surface area contributed by atoms with E-state index in [4.69, 9.17) is 0 Å². The zero-order valence-corrected chi connectivity index (χ0v) is 29.9. The molecule has 2 aliphatic rings. The van der Waals surface area contributed by atoms with E-state index < -0.39 is 0 Å². The molecule has 0 saturated carbocycles. The summed E-state index contributed by atoms with van der Waals surface area (Å²) in [5, 5.41) is 0. The molecular weight excluding hydrogens is 622 g/mol. The van der Waals surface area contributed by atoms with E-state index in [2.05, 4.69) is 99.6 Å². The van der Waals surface area contributed by atoms with E-state index in [0.717, 1.165) is 23.7 Å². The van der Waals surface area contributed by atoms with E-state index in [1.807, 2.05) is 0 Å². The molecule has 0 unspecified atom stereocenters. The van der Waals surface area contributed by atoms with Gasteiger partial charge in [0.2, 0.25) is 0 Å². The third-order valence-corrected chi connectivity index (χ3v) is 8.74. The molecule has 0 nitrogen and oxygen atoms in total. The molecule has 0 heterocycles. The normalized spacial score (nSPS) is 17.3. The largest absolute Gasteiger partial charge is 1.00 e. The van der Waals surface area contributed by atoms with Gasteiger partial charge >= 0.3 is 0 Å². The molecular formula is C33H48Br2Zn-. The summed E-state index contributed by atoms with van der Waals surface area (Å²) in [7, 11) is 0. The van der Waals surface area contributed by atoms with E-state index >= 15 is 0 Å². The van der Waals surface area contributed by atoms with E-state index in [1.165, 1.54) is 85.7 Å². The molecule has 1 radical (unpaired) electrons. The fraction of sp³-hybridized carbons (Fsp3) is 0.636. The van der Waals surface area contributed by atoms with Crippen LogP contribution in [0.1, 0.15) is 117 Å². The Hall–Kier alpha value is 0.0634. The van der Waals surface area contributed by atoms with Gasteiger partial charge in [-0.05, 0) is 96.4 Å². The van der Waals surface area contributed by atoms with Crippen molar-refractivity contribution in [3.8, 4) is 0 Å². The van der Waals surface area contributed by atoms with Gasteiger partial charge in [0.1, 0.15) is 0 Å². The SMILES string of the molecule is CC(C)CCC[C@H](C)CCC1(CC[C@@H](C)CCCC(C)C)[C]2C=C=CC=C2c2ccc(Br)cc21.[Br-].[Zn]. The predicted octanol–water partition coefficient (Wildman–Crippen LogP) is 7.87. The van der Waals surface area contributed by atoms with Gasteiger partial charge in [-0.15, -0.1) is 5.73 Å². The average Bonchev–Trinajstić information content (AvgIpc) is 3.05. The molecule has 1 aromatic rings. The first kappa shape index (κ1) is 34.1. The minimum atomic E-state index is 0. The van der Waals surface area contributed by atoms with Gasteiger partial charge in [0.25, 0.3) is 0 Å². The quantitative estimate of drug-likeness (QED) is 0.140. The number of benzene rings is 1. The zero-order chi connectivity index (χ0) is 24.7. The van der Waals surface area contributed by atoms with Crippen molar-refractivity contribution in [3.63, 3.8) is 0 Å². The van der Waals surface area contributed by atoms with Crippen molar-refractivity contribution in [1.29, 1.82) is 0 Å². The average molecular weight is 670 g/mol. The van der Waals surface area contributed by atoms with Crippen LogP contribution in [0.2, 0.25) is 0 Å². The predicted molar refractivity (Wildman–Crippen MR) is 154 cm³/mol. The van der Waals surface area contributed by atoms with Crippen LogP contribution in [0.5, 0.6) is 0 Å². The van der Waals surface area contributed by atoms with Crippen molar-refractivity contribution in [2.75, 3.05) is 0 Å². The summed E-state index contributed by atoms with van der Waals surface area (Å²) >= 11 is 3.81. The van der Waals surface area contributed by atoms with Crippen LogP contribution in [0.25, 0.3) is 5.57 Å². The van der Waals surface area contributed by atoms with Crippen LogP contribution in [0.4, 0.5) is 0 Å². The van der Waals surface area contributed by atoms with Gasteiger partial charge in [-0.3, -0.25) is 0 Å². The first-order chi connectivity index (χ1) is 16.2. The van der Waals surface area contributed by atoms with E-state index in [9.17, 15) is 0 Å². The van der Waals surface area contributed by atoms with Crippen LogP contribution in [0.3, 0.4) is 0 Å². The smallest absolute Gasteiger partial charge is 0.0456 e. The Morgan fingerprint density at radius 3 is 1.89 bits per heavy atom. The first-order valence-corrected chi connectivity index (χ1v) is 14.8. The molecule has 0 amide bonds. The number of hydrogen-bond acceptors (Lipinski definition) is 0. The Balaban J connectivity index is 0.00000324. The molecule has 0 saturated heterocycles. The van der Waals surface area contributed by atoms with Crippen LogP contribution in [0, 0.1) is 29.6 Å². The maximum Gasteiger partial charge on any atom is 0.0456 e. The Kier molecular flexibility index (Phi) is 15.4. The second-order valence-corrected chi connectivity index (χ2v) is 13.1. The summed E-state index contributed by atoms with van der Waals surface area (Å²) in [5.41, 5.74) is 8.04. The molecule has 0 aliphatic heterocycles. The van der Waals surface area contributed by atoms with Crippen molar-refractivity contribution in [2.24, 2.45) is 23.7 Å². The third-order valence-electron chi connectivity index (χ3n) is 8.25. The minimum Gasteiger partial charge on any atom is -1.00 e. The minimum absolute atomic E-state index is 0. The fourth-order valence-corrected chi connectivity index (χ4v) is 6.40. The van der Waals surface area contributed by atoms with Gasteiger partial charge in [-0.25, -0.2) is 0 Å². The molecule has 2 aliphatic carbocycles. The fourth-order valence-electron chi connectivity index (χ4n) is 6.04. The number of rotatable bonds is 14. The molecule has 0 bridgehead atoms. The van der Waals surface area contributed by atoms with Gasteiger partial charge < -0.3 is 17.0 Å². The molecule has 0 spiro atoms. The van der Waals surface area contributed by atoms with Crippen LogP contribution in [-0.4, -0.2) is 0 Å². The third kappa shape index (κ3) is 9.07. The molecule has 0 fully saturated rings. The van der Waals surface area contributed by atoms with Gasteiger partial charge in [0.15, 0.2) is 0 Å². The molecule has 197 valence electrons. The van der Waals surface area contributed by atoms with Crippen LogP contribution in [0.15, 0.2) is 46.6 Å². The molecule has 3 rings (SSSR count). The Bertz CT molecular complexity index is 867. The number of fused-ring (bicyclic) bond motifs is 3. The maximum atomic E-state index is 3.81. The van der Waals surface area contributed by atoms with Gasteiger partial charge in [0, 0.05) is 35.3 Å². The molecule has 0 N–H and O–H groups in total. The standard InChI is InChI=1S/C33H48Br.BrH.Zn/c1-24(2)11-9-13-26(5)19-21-33(22-20-27(6)14-10-12-25(3)4)31-16-8-7-15-29(31)30-18-17-28(34)23-32(30)33;;/h7,15-18,23-27H,9-14,19-22H2,1-6H3;1H;/p-1/t26-,27-;;/m0../s1. The molecule has 3 heteroatoms. The Morgan fingerprint density at radius 1 is 0.806 bits per heavy atom.